The van der Waals surface area contributed by atoms with E-state index in [1.165, 1.54) is 9.70 Å². The third-order valence-electron chi connectivity index (χ3n) is 7.17. The number of carboxylic acids is 1. The van der Waals surface area contributed by atoms with Gasteiger partial charge in [0.05, 0.1) is 6.04 Å². The molecule has 2 aliphatic heterocycles. The molecule has 1 aromatic carbocycles. The molecule has 4 atom stereocenters. The summed E-state index contributed by atoms with van der Waals surface area (Å²) in [6.45, 7) is 0.805. The van der Waals surface area contributed by atoms with Crippen molar-refractivity contribution in [2.45, 2.75) is 49.7 Å². The van der Waals surface area contributed by atoms with Crippen molar-refractivity contribution in [3.8, 4) is 11.4 Å². The Balaban J connectivity index is 1.41. The minimum Gasteiger partial charge on any atom is -0.479 e. The summed E-state index contributed by atoms with van der Waals surface area (Å²) in [5, 5.41) is 25.5. The molecule has 2 N–H and O–H groups in total. The Morgan fingerprint density at radius 3 is 2.77 bits per heavy atom. The quantitative estimate of drug-likeness (QED) is 0.640. The molecule has 1 saturated heterocycles. The molecule has 0 spiro atoms. The molecule has 5 rings (SSSR count). The number of allylic oxidation sites excluding steroid dienone is 1. The molecule has 184 valence electrons. The van der Waals surface area contributed by atoms with Gasteiger partial charge in [0, 0.05) is 38.0 Å². The first kappa shape index (κ1) is 23.0. The van der Waals surface area contributed by atoms with Gasteiger partial charge < -0.3 is 20.2 Å². The molecule has 11 heteroatoms. The Kier molecular flexibility index (Phi) is 6.00. The highest BCUT2D eigenvalue weighted by Crippen LogP contribution is 2.45. The van der Waals surface area contributed by atoms with Crippen LogP contribution in [0.1, 0.15) is 38.1 Å². The zero-order valence-electron chi connectivity index (χ0n) is 19.6. The van der Waals surface area contributed by atoms with Gasteiger partial charge in [0.2, 0.25) is 11.7 Å². The number of aromatic nitrogens is 4. The van der Waals surface area contributed by atoms with Crippen molar-refractivity contribution in [3.63, 3.8) is 0 Å². The molecule has 3 heterocycles. The number of urea groups is 1. The zero-order valence-corrected chi connectivity index (χ0v) is 19.6. The van der Waals surface area contributed by atoms with E-state index < -0.39 is 23.5 Å². The van der Waals surface area contributed by atoms with E-state index in [-0.39, 0.29) is 31.0 Å². The summed E-state index contributed by atoms with van der Waals surface area (Å²) >= 11 is 0. The highest BCUT2D eigenvalue weighted by atomic mass is 16.4. The molecule has 1 aromatic heterocycles. The lowest BCUT2D eigenvalue weighted by Crippen LogP contribution is -2.54. The van der Waals surface area contributed by atoms with Crippen LogP contribution in [-0.4, -0.2) is 84.7 Å². The van der Waals surface area contributed by atoms with Crippen molar-refractivity contribution >= 4 is 17.9 Å². The second kappa shape index (κ2) is 9.12. The van der Waals surface area contributed by atoms with Gasteiger partial charge in [-0.25, -0.2) is 9.59 Å². The number of carboxylic acid groups (broad SMARTS) is 1. The molecule has 2 aromatic rings. The maximum Gasteiger partial charge on any atom is 0.330 e. The van der Waals surface area contributed by atoms with Crippen LogP contribution in [0.4, 0.5) is 4.79 Å². The van der Waals surface area contributed by atoms with E-state index >= 15 is 0 Å². The number of nitrogens with one attached hydrogen (secondary N) is 1. The standard InChI is InChI=1S/C24H29N7O4/c1-29-12-8-3-2-7-11-17-14-24(17,22(33)34)25-21(32)19-13-18(15-30(19)23(29)35)31-27-20(26-28-31)16-9-5-4-6-10-16/h4-7,9-11,17-19H,2-3,8,12-15H2,1H3,(H,25,32)(H,33,34)/b11-7+. The van der Waals surface area contributed by atoms with Crippen LogP contribution in [0.3, 0.4) is 0 Å². The molecular weight excluding hydrogens is 450 g/mol. The van der Waals surface area contributed by atoms with Gasteiger partial charge in [-0.3, -0.25) is 4.79 Å². The predicted molar refractivity (Wildman–Crippen MR) is 125 cm³/mol. The van der Waals surface area contributed by atoms with E-state index in [1.807, 2.05) is 42.5 Å². The average molecular weight is 480 g/mol. The van der Waals surface area contributed by atoms with Crippen LogP contribution in [0.25, 0.3) is 11.4 Å². The van der Waals surface area contributed by atoms with Gasteiger partial charge in [0.1, 0.15) is 11.6 Å². The van der Waals surface area contributed by atoms with Gasteiger partial charge >= 0.3 is 12.0 Å². The summed E-state index contributed by atoms with van der Waals surface area (Å²) in [6.07, 6.45) is 7.01. The fourth-order valence-electron chi connectivity index (χ4n) is 4.98. The minimum atomic E-state index is -1.32. The van der Waals surface area contributed by atoms with Crippen LogP contribution >= 0.6 is 0 Å². The van der Waals surface area contributed by atoms with Crippen LogP contribution < -0.4 is 5.32 Å². The zero-order chi connectivity index (χ0) is 24.6. The topological polar surface area (TPSA) is 134 Å². The fourth-order valence-corrected chi connectivity index (χ4v) is 4.98. The third-order valence-corrected chi connectivity index (χ3v) is 7.17. The molecule has 1 saturated carbocycles. The lowest BCUT2D eigenvalue weighted by atomic mass is 10.1. The first-order valence-corrected chi connectivity index (χ1v) is 12.0. The number of benzene rings is 1. The maximum atomic E-state index is 13.4. The smallest absolute Gasteiger partial charge is 0.330 e. The monoisotopic (exact) mass is 479 g/mol. The molecule has 3 amide bonds. The van der Waals surface area contributed by atoms with Crippen LogP contribution in [-0.2, 0) is 9.59 Å². The van der Waals surface area contributed by atoms with Gasteiger partial charge in [0.25, 0.3) is 0 Å². The second-order valence-corrected chi connectivity index (χ2v) is 9.56. The normalized spacial score (nSPS) is 30.1. The number of carbonyl (C=O) groups excluding carboxylic acids is 2. The Hall–Kier alpha value is -3.76. The molecule has 3 aliphatic rings. The number of hydrogen-bond acceptors (Lipinski definition) is 6. The first-order chi connectivity index (χ1) is 16.9. The van der Waals surface area contributed by atoms with Crippen LogP contribution in [0.2, 0.25) is 0 Å². The molecule has 0 radical (unpaired) electrons. The fraction of sp³-hybridized carbons (Fsp3) is 0.500. The van der Waals surface area contributed by atoms with E-state index in [2.05, 4.69) is 20.7 Å². The number of rotatable bonds is 3. The van der Waals surface area contributed by atoms with Crippen LogP contribution in [0.5, 0.6) is 0 Å². The van der Waals surface area contributed by atoms with Gasteiger partial charge in [0.15, 0.2) is 0 Å². The molecule has 0 bridgehead atoms. The van der Waals surface area contributed by atoms with Gasteiger partial charge in [-0.15, -0.1) is 10.2 Å². The molecule has 1 aliphatic carbocycles. The van der Waals surface area contributed by atoms with Crippen molar-refractivity contribution in [2.75, 3.05) is 20.1 Å². The predicted octanol–water partition coefficient (Wildman–Crippen LogP) is 1.71. The Labute approximate surface area is 202 Å². The lowest BCUT2D eigenvalue weighted by molar-refractivity contribution is -0.144. The van der Waals surface area contributed by atoms with Crippen molar-refractivity contribution in [3.05, 3.63) is 42.5 Å². The highest BCUT2D eigenvalue weighted by Gasteiger charge is 2.61. The Bertz CT molecular complexity index is 1150. The van der Waals surface area contributed by atoms with Crippen LogP contribution in [0, 0.1) is 5.92 Å². The number of carbonyl (C=O) groups is 3. The van der Waals surface area contributed by atoms with Crippen molar-refractivity contribution in [2.24, 2.45) is 5.92 Å². The molecule has 4 unspecified atom stereocenters. The summed E-state index contributed by atoms with van der Waals surface area (Å²) in [7, 11) is 1.73. The van der Waals surface area contributed by atoms with E-state index in [0.29, 0.717) is 18.8 Å². The SMILES string of the molecule is CN1CCCC/C=C/C2CC2(C(=O)O)NC(=O)C2CC(n3nnc(-c4ccccc4)n3)CN2C1=O. The first-order valence-electron chi connectivity index (χ1n) is 12.0. The summed E-state index contributed by atoms with van der Waals surface area (Å²) in [5.74, 6) is -1.30. The number of amides is 3. The average Bonchev–Trinajstić information content (AvgIpc) is 3.18. The number of fused-ring (bicyclic) bond motifs is 2. The Morgan fingerprint density at radius 1 is 1.20 bits per heavy atom. The highest BCUT2D eigenvalue weighted by molar-refractivity contribution is 5.94. The van der Waals surface area contributed by atoms with Crippen molar-refractivity contribution in [1.29, 1.82) is 0 Å². The minimum absolute atomic E-state index is 0.231. The molecule has 35 heavy (non-hydrogen) atoms. The summed E-state index contributed by atoms with van der Waals surface area (Å²) in [4.78, 5) is 43.4. The van der Waals surface area contributed by atoms with Crippen molar-refractivity contribution < 1.29 is 19.5 Å². The maximum absolute atomic E-state index is 13.4. The number of hydrogen-bond donors (Lipinski definition) is 2. The van der Waals surface area contributed by atoms with E-state index in [1.54, 1.807) is 11.9 Å². The van der Waals surface area contributed by atoms with E-state index in [9.17, 15) is 19.5 Å². The number of aliphatic carboxylic acids is 1. The van der Waals surface area contributed by atoms with Crippen LogP contribution in [0.15, 0.2) is 42.5 Å². The molecule has 2 fully saturated rings. The van der Waals surface area contributed by atoms with E-state index in [4.69, 9.17) is 0 Å². The Morgan fingerprint density at radius 2 is 2.00 bits per heavy atom. The largest absolute Gasteiger partial charge is 0.479 e. The number of nitrogens with zero attached hydrogens (tertiary/aromatic N) is 6. The van der Waals surface area contributed by atoms with Gasteiger partial charge in [-0.2, -0.15) is 4.80 Å². The molecule has 11 nitrogen and oxygen atoms in total. The second-order valence-electron chi connectivity index (χ2n) is 9.56. The number of tetrazole rings is 1. The van der Waals surface area contributed by atoms with Gasteiger partial charge in [-0.1, -0.05) is 42.5 Å². The third kappa shape index (κ3) is 4.38. The summed E-state index contributed by atoms with van der Waals surface area (Å²) < 4.78 is 0. The molecular formula is C24H29N7O4. The summed E-state index contributed by atoms with van der Waals surface area (Å²) in [5.41, 5.74) is -0.497. The summed E-state index contributed by atoms with van der Waals surface area (Å²) in [6, 6.07) is 7.99. The lowest BCUT2D eigenvalue weighted by Gasteiger charge is -2.29. The van der Waals surface area contributed by atoms with E-state index in [0.717, 1.165) is 24.8 Å². The van der Waals surface area contributed by atoms with Crippen molar-refractivity contribution in [1.82, 2.24) is 35.3 Å². The van der Waals surface area contributed by atoms with Gasteiger partial charge in [-0.05, 0) is 30.9 Å².